The minimum absolute atomic E-state index is 0.0662. The Labute approximate surface area is 247 Å². The molecule has 214 valence electrons. The number of aliphatic hydroxyl groups is 2. The molecule has 1 amide bonds. The van der Waals surface area contributed by atoms with E-state index in [2.05, 4.69) is 20.3 Å². The van der Waals surface area contributed by atoms with Crippen molar-refractivity contribution in [2.24, 2.45) is 5.73 Å². The van der Waals surface area contributed by atoms with Crippen molar-refractivity contribution in [2.75, 3.05) is 18.4 Å². The zero-order valence-electron chi connectivity index (χ0n) is 23.1. The van der Waals surface area contributed by atoms with Crippen LogP contribution in [-0.4, -0.2) is 60.1 Å². The summed E-state index contributed by atoms with van der Waals surface area (Å²) in [6.45, 7) is 0.868. The second-order valence-electron chi connectivity index (χ2n) is 10.4. The van der Waals surface area contributed by atoms with Gasteiger partial charge in [-0.25, -0.2) is 19.9 Å². The molecule has 5 aromatic rings. The maximum Gasteiger partial charge on any atom is 0.267 e. The standard InChI is InChI=1S/C32H28N8O3/c33-18-29-35-13-10-28(39-29)37-24-11-14-40(15-12-24)32(42,43)23-8-6-21(7-9-23)30-25(20-4-2-1-3-5-20)16-22-19-36-27(31(34)41)17-26(22)38-30/h1-10,13,16-17,19,24,42-43H,11-12,14-15H2,(H2,34,41)(H,35,37,39). The summed E-state index contributed by atoms with van der Waals surface area (Å²) < 4.78 is 0. The van der Waals surface area contributed by atoms with Gasteiger partial charge in [0.05, 0.1) is 11.2 Å². The lowest BCUT2D eigenvalue weighted by Crippen LogP contribution is -2.51. The van der Waals surface area contributed by atoms with E-state index < -0.39 is 11.8 Å². The fourth-order valence-corrected chi connectivity index (χ4v) is 5.33. The molecule has 4 heterocycles. The number of nitrogens with two attached hydrogens (primary N) is 1. The molecule has 1 aliphatic rings. The summed E-state index contributed by atoms with van der Waals surface area (Å²) in [6.07, 6.45) is 4.42. The van der Waals surface area contributed by atoms with Crippen LogP contribution in [-0.2, 0) is 5.91 Å². The smallest absolute Gasteiger partial charge is 0.267 e. The number of primary amides is 1. The number of rotatable bonds is 7. The van der Waals surface area contributed by atoms with Crippen LogP contribution in [0.25, 0.3) is 33.3 Å². The summed E-state index contributed by atoms with van der Waals surface area (Å²) in [7, 11) is 0. The summed E-state index contributed by atoms with van der Waals surface area (Å²) in [5, 5.41) is 35.5. The molecule has 0 radical (unpaired) electrons. The number of hydrogen-bond donors (Lipinski definition) is 4. The van der Waals surface area contributed by atoms with Gasteiger partial charge in [-0.2, -0.15) is 5.26 Å². The van der Waals surface area contributed by atoms with E-state index in [0.29, 0.717) is 48.5 Å². The Balaban J connectivity index is 1.24. The molecule has 5 N–H and O–H groups in total. The van der Waals surface area contributed by atoms with Crippen molar-refractivity contribution in [3.05, 3.63) is 102 Å². The average molecular weight is 573 g/mol. The molecule has 2 aromatic carbocycles. The van der Waals surface area contributed by atoms with E-state index in [1.165, 1.54) is 6.20 Å². The fourth-order valence-electron chi connectivity index (χ4n) is 5.33. The molecule has 6 rings (SSSR count). The van der Waals surface area contributed by atoms with Gasteiger partial charge in [-0.05, 0) is 36.6 Å². The van der Waals surface area contributed by atoms with Crippen LogP contribution in [0.5, 0.6) is 0 Å². The lowest BCUT2D eigenvalue weighted by molar-refractivity contribution is -0.279. The first kappa shape index (κ1) is 27.9. The number of likely N-dealkylation sites (tertiary alicyclic amines) is 1. The number of anilines is 1. The molecule has 3 aromatic heterocycles. The van der Waals surface area contributed by atoms with Crippen LogP contribution < -0.4 is 11.1 Å². The highest BCUT2D eigenvalue weighted by Crippen LogP contribution is 2.35. The number of fused-ring (bicyclic) bond motifs is 1. The largest absolute Gasteiger partial charge is 0.367 e. The zero-order valence-corrected chi connectivity index (χ0v) is 23.1. The lowest BCUT2D eigenvalue weighted by Gasteiger charge is -2.40. The first-order chi connectivity index (χ1) is 20.8. The minimum atomic E-state index is -2.17. The van der Waals surface area contributed by atoms with Gasteiger partial charge in [-0.1, -0.05) is 54.6 Å². The topological polar surface area (TPSA) is 174 Å². The second-order valence-corrected chi connectivity index (χ2v) is 10.4. The lowest BCUT2D eigenvalue weighted by atomic mass is 9.96. The number of piperidine rings is 1. The Hall–Kier alpha value is -5.28. The number of carbonyl (C=O) groups excluding carboxylic acids is 1. The third kappa shape index (κ3) is 5.75. The van der Waals surface area contributed by atoms with Gasteiger partial charge in [0, 0.05) is 53.6 Å². The van der Waals surface area contributed by atoms with Gasteiger partial charge in [-0.15, -0.1) is 0 Å². The number of carbonyl (C=O) groups is 1. The molecule has 0 saturated carbocycles. The van der Waals surface area contributed by atoms with E-state index >= 15 is 0 Å². The van der Waals surface area contributed by atoms with Crippen molar-refractivity contribution in [2.45, 2.75) is 24.8 Å². The maximum atomic E-state index is 11.7. The Kier molecular flexibility index (Phi) is 7.48. The molecule has 43 heavy (non-hydrogen) atoms. The van der Waals surface area contributed by atoms with Crippen molar-refractivity contribution >= 4 is 22.6 Å². The number of nitrogens with zero attached hydrogens (tertiary/aromatic N) is 6. The summed E-state index contributed by atoms with van der Waals surface area (Å²) in [5.74, 6) is -2.14. The number of nitriles is 1. The molecule has 0 bridgehead atoms. The van der Waals surface area contributed by atoms with Crippen molar-refractivity contribution in [1.29, 1.82) is 5.26 Å². The number of aromatic nitrogens is 4. The van der Waals surface area contributed by atoms with E-state index in [0.717, 1.165) is 22.1 Å². The molecular formula is C32H28N8O3. The van der Waals surface area contributed by atoms with Crippen LogP contribution in [0.15, 0.2) is 85.2 Å². The van der Waals surface area contributed by atoms with Gasteiger partial charge >= 0.3 is 0 Å². The molecule has 0 unspecified atom stereocenters. The van der Waals surface area contributed by atoms with Gasteiger partial charge in [0.15, 0.2) is 0 Å². The first-order valence-corrected chi connectivity index (χ1v) is 13.8. The van der Waals surface area contributed by atoms with Gasteiger partial charge in [0.1, 0.15) is 17.6 Å². The Morgan fingerprint density at radius 2 is 1.72 bits per heavy atom. The van der Waals surface area contributed by atoms with E-state index in [9.17, 15) is 15.0 Å². The minimum Gasteiger partial charge on any atom is -0.367 e. The predicted molar refractivity (Wildman–Crippen MR) is 160 cm³/mol. The molecule has 0 spiro atoms. The van der Waals surface area contributed by atoms with E-state index in [4.69, 9.17) is 16.0 Å². The van der Waals surface area contributed by atoms with Crippen LogP contribution in [0.1, 0.15) is 34.7 Å². The highest BCUT2D eigenvalue weighted by atomic mass is 16.5. The Bertz CT molecular complexity index is 1830. The number of pyridine rings is 2. The number of benzene rings is 2. The summed E-state index contributed by atoms with van der Waals surface area (Å²) in [4.78, 5) is 30.5. The van der Waals surface area contributed by atoms with Crippen LogP contribution in [0.2, 0.25) is 0 Å². The van der Waals surface area contributed by atoms with E-state index in [1.807, 2.05) is 54.6 Å². The zero-order chi connectivity index (χ0) is 30.0. The van der Waals surface area contributed by atoms with Crippen molar-refractivity contribution < 1.29 is 15.0 Å². The monoisotopic (exact) mass is 572 g/mol. The fraction of sp³-hybridized carbons (Fsp3) is 0.188. The molecule has 1 saturated heterocycles. The highest BCUT2D eigenvalue weighted by Gasteiger charge is 2.36. The second kappa shape index (κ2) is 11.5. The summed E-state index contributed by atoms with van der Waals surface area (Å²) >= 11 is 0. The van der Waals surface area contributed by atoms with Crippen LogP contribution >= 0.6 is 0 Å². The van der Waals surface area contributed by atoms with Crippen LogP contribution in [0.4, 0.5) is 5.82 Å². The normalized spacial score (nSPS) is 14.3. The van der Waals surface area contributed by atoms with Crippen LogP contribution in [0, 0.1) is 11.3 Å². The Morgan fingerprint density at radius 3 is 2.42 bits per heavy atom. The number of hydrogen-bond acceptors (Lipinski definition) is 10. The van der Waals surface area contributed by atoms with Crippen molar-refractivity contribution in [1.82, 2.24) is 24.8 Å². The van der Waals surface area contributed by atoms with Crippen molar-refractivity contribution in [3.8, 4) is 28.5 Å². The van der Waals surface area contributed by atoms with Crippen LogP contribution in [0.3, 0.4) is 0 Å². The molecular weight excluding hydrogens is 544 g/mol. The molecule has 1 fully saturated rings. The Morgan fingerprint density at radius 1 is 0.977 bits per heavy atom. The third-order valence-electron chi connectivity index (χ3n) is 7.63. The highest BCUT2D eigenvalue weighted by molar-refractivity contribution is 5.97. The third-order valence-corrected chi connectivity index (χ3v) is 7.63. The summed E-state index contributed by atoms with van der Waals surface area (Å²) in [5.41, 5.74) is 9.74. The average Bonchev–Trinajstić information content (AvgIpc) is 3.04. The molecule has 0 atom stereocenters. The van der Waals surface area contributed by atoms with Gasteiger partial charge in [0.2, 0.25) is 5.82 Å². The quantitative estimate of drug-likeness (QED) is 0.212. The van der Waals surface area contributed by atoms with Gasteiger partial charge in [0.25, 0.3) is 11.8 Å². The SMILES string of the molecule is N#Cc1nccc(NC2CCN(C(O)(O)c3ccc(-c4nc5cc(C(N)=O)ncc5cc4-c4ccccc4)cc3)CC2)n1. The first-order valence-electron chi connectivity index (χ1n) is 13.8. The van der Waals surface area contributed by atoms with E-state index in [1.54, 1.807) is 35.4 Å². The maximum absolute atomic E-state index is 11.7. The predicted octanol–water partition coefficient (Wildman–Crippen LogP) is 3.40. The molecule has 11 heteroatoms. The van der Waals surface area contributed by atoms with Gasteiger partial charge < -0.3 is 21.3 Å². The number of nitrogens with one attached hydrogen (secondary N) is 1. The van der Waals surface area contributed by atoms with Crippen molar-refractivity contribution in [3.63, 3.8) is 0 Å². The van der Waals surface area contributed by atoms with Gasteiger partial charge in [-0.3, -0.25) is 9.78 Å². The summed E-state index contributed by atoms with van der Waals surface area (Å²) in [6, 6.07) is 24.1. The van der Waals surface area contributed by atoms with E-state index in [-0.39, 0.29) is 17.6 Å². The number of amides is 1. The molecule has 11 nitrogen and oxygen atoms in total. The molecule has 0 aliphatic carbocycles. The molecule has 1 aliphatic heterocycles.